The van der Waals surface area contributed by atoms with Crippen LogP contribution >= 0.6 is 12.4 Å². The highest BCUT2D eigenvalue weighted by Crippen LogP contribution is 2.33. The van der Waals surface area contributed by atoms with Crippen LogP contribution in [0.1, 0.15) is 31.7 Å². The van der Waals surface area contributed by atoms with Crippen molar-refractivity contribution < 1.29 is 9.59 Å². The summed E-state index contributed by atoms with van der Waals surface area (Å²) in [5.74, 6) is 0.100. The Hall–Kier alpha value is -1.75. The van der Waals surface area contributed by atoms with Crippen LogP contribution in [0.5, 0.6) is 0 Å². The van der Waals surface area contributed by atoms with Crippen molar-refractivity contribution in [2.75, 3.05) is 30.3 Å². The Morgan fingerprint density at radius 2 is 2.00 bits per heavy atom. The van der Waals surface area contributed by atoms with Gasteiger partial charge in [0.15, 0.2) is 0 Å². The average Bonchev–Trinajstić information content (AvgIpc) is 2.54. The van der Waals surface area contributed by atoms with Crippen molar-refractivity contribution >= 4 is 35.6 Å². The van der Waals surface area contributed by atoms with E-state index in [1.807, 2.05) is 23.1 Å². The van der Waals surface area contributed by atoms with Gasteiger partial charge in [0.1, 0.15) is 0 Å². The quantitative estimate of drug-likeness (QED) is 0.799. The zero-order valence-corrected chi connectivity index (χ0v) is 14.3. The fourth-order valence-electron chi connectivity index (χ4n) is 3.57. The van der Waals surface area contributed by atoms with Crippen molar-refractivity contribution in [3.8, 4) is 0 Å². The maximum atomic E-state index is 12.9. The first-order valence-electron chi connectivity index (χ1n) is 8.02. The summed E-state index contributed by atoms with van der Waals surface area (Å²) in [5, 5.41) is 0. The minimum absolute atomic E-state index is 0. The first-order chi connectivity index (χ1) is 10.6. The second-order valence-electron chi connectivity index (χ2n) is 6.24. The molecule has 1 saturated heterocycles. The zero-order valence-electron chi connectivity index (χ0n) is 13.5. The molecule has 2 amide bonds. The molecule has 0 aromatic heterocycles. The van der Waals surface area contributed by atoms with Crippen molar-refractivity contribution in [3.05, 3.63) is 23.8 Å². The van der Waals surface area contributed by atoms with E-state index in [2.05, 4.69) is 0 Å². The van der Waals surface area contributed by atoms with Gasteiger partial charge in [-0.15, -0.1) is 12.4 Å². The number of likely N-dealkylation sites (tertiary alicyclic amines) is 1. The summed E-state index contributed by atoms with van der Waals surface area (Å²) in [5.41, 5.74) is 8.86. The zero-order chi connectivity index (χ0) is 15.7. The molecule has 2 aliphatic rings. The molecule has 1 aromatic rings. The molecule has 1 aromatic carbocycles. The van der Waals surface area contributed by atoms with E-state index in [9.17, 15) is 9.59 Å². The number of carbonyl (C=O) groups excluding carboxylic acids is 2. The Morgan fingerprint density at radius 1 is 1.22 bits per heavy atom. The van der Waals surface area contributed by atoms with Crippen LogP contribution in [0.2, 0.25) is 0 Å². The van der Waals surface area contributed by atoms with E-state index in [1.54, 1.807) is 11.8 Å². The molecule has 0 bridgehead atoms. The molecule has 5 nitrogen and oxygen atoms in total. The molecule has 0 radical (unpaired) electrons. The van der Waals surface area contributed by atoms with Gasteiger partial charge in [0.2, 0.25) is 11.8 Å². The molecule has 2 aliphatic heterocycles. The number of hydrogen-bond donors (Lipinski definition) is 1. The molecular formula is C17H24ClN3O2. The monoisotopic (exact) mass is 337 g/mol. The maximum Gasteiger partial charge on any atom is 0.231 e. The molecule has 2 N–H and O–H groups in total. The Bertz CT molecular complexity index is 606. The number of hydrogen-bond acceptors (Lipinski definition) is 3. The Morgan fingerprint density at radius 3 is 2.74 bits per heavy atom. The van der Waals surface area contributed by atoms with Crippen LogP contribution in [0, 0.1) is 5.92 Å². The van der Waals surface area contributed by atoms with Gasteiger partial charge in [-0.25, -0.2) is 0 Å². The molecular weight excluding hydrogens is 314 g/mol. The average molecular weight is 338 g/mol. The number of nitrogens with two attached hydrogens (primary N) is 1. The molecule has 1 atom stereocenters. The Labute approximate surface area is 143 Å². The first-order valence-corrected chi connectivity index (χ1v) is 8.02. The Balaban J connectivity index is 0.00000192. The molecule has 6 heteroatoms. The lowest BCUT2D eigenvalue weighted by atomic mass is 9.93. The van der Waals surface area contributed by atoms with Gasteiger partial charge in [-0.05, 0) is 43.4 Å². The minimum atomic E-state index is -0.0926. The maximum absolute atomic E-state index is 12.9. The number of piperidine rings is 1. The lowest BCUT2D eigenvalue weighted by Crippen LogP contribution is -2.47. The van der Waals surface area contributed by atoms with Gasteiger partial charge in [0.05, 0.1) is 5.92 Å². The summed E-state index contributed by atoms with van der Waals surface area (Å²) in [4.78, 5) is 28.2. The van der Waals surface area contributed by atoms with Gasteiger partial charge >= 0.3 is 0 Å². The summed E-state index contributed by atoms with van der Waals surface area (Å²) in [6.07, 6.45) is 3.62. The van der Waals surface area contributed by atoms with Crippen molar-refractivity contribution in [2.24, 2.45) is 5.92 Å². The van der Waals surface area contributed by atoms with Crippen LogP contribution in [-0.2, 0) is 16.0 Å². The fourth-order valence-corrected chi connectivity index (χ4v) is 3.57. The van der Waals surface area contributed by atoms with Crippen LogP contribution < -0.4 is 10.6 Å². The third-order valence-electron chi connectivity index (χ3n) is 4.77. The van der Waals surface area contributed by atoms with Gasteiger partial charge < -0.3 is 15.5 Å². The van der Waals surface area contributed by atoms with Crippen LogP contribution in [0.4, 0.5) is 11.4 Å². The lowest BCUT2D eigenvalue weighted by Gasteiger charge is -2.37. The topological polar surface area (TPSA) is 66.6 Å². The molecule has 3 rings (SSSR count). The molecule has 0 spiro atoms. The normalized spacial score (nSPS) is 20.5. The van der Waals surface area contributed by atoms with Crippen molar-refractivity contribution in [3.63, 3.8) is 0 Å². The molecule has 1 unspecified atom stereocenters. The summed E-state index contributed by atoms with van der Waals surface area (Å²) in [6.45, 7) is 3.63. The fraction of sp³-hybridized carbons (Fsp3) is 0.529. The first kappa shape index (κ1) is 17.6. The largest absolute Gasteiger partial charge is 0.398 e. The van der Waals surface area contributed by atoms with Gasteiger partial charge in [-0.3, -0.25) is 9.59 Å². The molecule has 0 aliphatic carbocycles. The SMILES string of the molecule is CC(=O)N1CCCC(C(=O)N2CCCc3c(N)cccc32)C1.Cl. The highest BCUT2D eigenvalue weighted by atomic mass is 35.5. The highest BCUT2D eigenvalue weighted by Gasteiger charge is 2.32. The van der Waals surface area contributed by atoms with Gasteiger partial charge in [-0.2, -0.15) is 0 Å². The second kappa shape index (κ2) is 7.21. The number of carbonyl (C=O) groups is 2. The number of nitrogen functional groups attached to an aromatic ring is 1. The van der Waals surface area contributed by atoms with E-state index in [0.717, 1.165) is 55.7 Å². The van der Waals surface area contributed by atoms with Crippen LogP contribution in [0.3, 0.4) is 0 Å². The molecule has 2 heterocycles. The summed E-state index contributed by atoms with van der Waals surface area (Å²) in [7, 11) is 0. The van der Waals surface area contributed by atoms with Crippen molar-refractivity contribution in [2.45, 2.75) is 32.6 Å². The molecule has 126 valence electrons. The molecule has 23 heavy (non-hydrogen) atoms. The minimum Gasteiger partial charge on any atom is -0.398 e. The molecule has 1 fully saturated rings. The van der Waals surface area contributed by atoms with Gasteiger partial charge in [-0.1, -0.05) is 6.07 Å². The lowest BCUT2D eigenvalue weighted by molar-refractivity contribution is -0.133. The summed E-state index contributed by atoms with van der Waals surface area (Å²) in [6, 6.07) is 5.78. The second-order valence-corrected chi connectivity index (χ2v) is 6.24. The van der Waals surface area contributed by atoms with Gasteiger partial charge in [0, 0.05) is 37.9 Å². The van der Waals surface area contributed by atoms with E-state index >= 15 is 0 Å². The number of amides is 2. The standard InChI is InChI=1S/C17H23N3O2.ClH/c1-12(21)19-9-3-5-13(11-19)17(22)20-10-4-6-14-15(18)7-2-8-16(14)20;/h2,7-8,13H,3-6,9-11,18H2,1H3;1H. The van der Waals surface area contributed by atoms with E-state index < -0.39 is 0 Å². The predicted molar refractivity (Wildman–Crippen MR) is 93.8 cm³/mol. The van der Waals surface area contributed by atoms with Crippen LogP contribution in [0.15, 0.2) is 18.2 Å². The number of rotatable bonds is 1. The molecule has 0 saturated carbocycles. The highest BCUT2D eigenvalue weighted by molar-refractivity contribution is 5.97. The third kappa shape index (κ3) is 3.44. The van der Waals surface area contributed by atoms with E-state index in [0.29, 0.717) is 6.54 Å². The number of halogens is 1. The predicted octanol–water partition coefficient (Wildman–Crippen LogP) is 2.23. The van der Waals surface area contributed by atoms with Crippen LogP contribution in [0.25, 0.3) is 0 Å². The number of benzene rings is 1. The smallest absolute Gasteiger partial charge is 0.231 e. The van der Waals surface area contributed by atoms with Crippen molar-refractivity contribution in [1.29, 1.82) is 0 Å². The number of nitrogens with zero attached hydrogens (tertiary/aromatic N) is 2. The van der Waals surface area contributed by atoms with Gasteiger partial charge in [0.25, 0.3) is 0 Å². The van der Waals surface area contributed by atoms with Crippen LogP contribution in [-0.4, -0.2) is 36.3 Å². The van der Waals surface area contributed by atoms with E-state index in [1.165, 1.54) is 0 Å². The summed E-state index contributed by atoms with van der Waals surface area (Å²) < 4.78 is 0. The number of anilines is 2. The number of fused-ring (bicyclic) bond motifs is 1. The van der Waals surface area contributed by atoms with E-state index in [4.69, 9.17) is 5.73 Å². The Kier molecular flexibility index (Phi) is 5.52. The van der Waals surface area contributed by atoms with E-state index in [-0.39, 0.29) is 30.1 Å². The third-order valence-corrected chi connectivity index (χ3v) is 4.77. The van der Waals surface area contributed by atoms with Crippen molar-refractivity contribution in [1.82, 2.24) is 4.90 Å². The summed E-state index contributed by atoms with van der Waals surface area (Å²) >= 11 is 0.